The molecule has 1 aromatic heterocycles. The molecule has 2 aromatic carbocycles. The van der Waals surface area contributed by atoms with Crippen LogP contribution in [0.1, 0.15) is 29.3 Å². The minimum Gasteiger partial charge on any atom is -0.436 e. The number of benzene rings is 2. The van der Waals surface area contributed by atoms with Crippen molar-refractivity contribution in [3.05, 3.63) is 83.7 Å². The summed E-state index contributed by atoms with van der Waals surface area (Å²) in [5.74, 6) is 0. The van der Waals surface area contributed by atoms with E-state index < -0.39 is 0 Å². The van der Waals surface area contributed by atoms with E-state index in [4.69, 9.17) is 4.74 Å². The number of aromatic nitrogens is 1. The monoisotopic (exact) mass is 346 g/mol. The van der Waals surface area contributed by atoms with Crippen LogP contribution in [0.4, 0.5) is 4.79 Å². The number of hydrogen-bond acceptors (Lipinski definition) is 2. The first-order valence-electron chi connectivity index (χ1n) is 8.96. The van der Waals surface area contributed by atoms with Crippen molar-refractivity contribution in [2.45, 2.75) is 18.9 Å². The highest BCUT2D eigenvalue weighted by atomic mass is 16.6. The topological polar surface area (TPSA) is 45.3 Å². The average molecular weight is 346 g/mol. The van der Waals surface area contributed by atoms with Gasteiger partial charge >= 0.3 is 6.09 Å². The quantitative estimate of drug-likeness (QED) is 0.722. The van der Waals surface area contributed by atoms with Crippen molar-refractivity contribution < 1.29 is 9.53 Å². The van der Waals surface area contributed by atoms with Gasteiger partial charge in [-0.3, -0.25) is 0 Å². The Balaban J connectivity index is 1.44. The SMILES string of the molecule is CN(CCCc1ccc[nH]1)C(=O)OC1c2ccccc2-c2ccccc21. The van der Waals surface area contributed by atoms with Crippen LogP contribution >= 0.6 is 0 Å². The fourth-order valence-electron chi connectivity index (χ4n) is 3.55. The smallest absolute Gasteiger partial charge is 0.410 e. The number of nitrogens with zero attached hydrogens (tertiary/aromatic N) is 1. The molecule has 1 heterocycles. The summed E-state index contributed by atoms with van der Waals surface area (Å²) in [6.07, 6.45) is 3.11. The molecule has 3 aromatic rings. The van der Waals surface area contributed by atoms with Crippen molar-refractivity contribution in [1.82, 2.24) is 9.88 Å². The lowest BCUT2D eigenvalue weighted by Gasteiger charge is -2.21. The molecule has 0 fully saturated rings. The molecule has 0 unspecified atom stereocenters. The molecule has 0 radical (unpaired) electrons. The molecule has 4 rings (SSSR count). The van der Waals surface area contributed by atoms with Crippen LogP contribution < -0.4 is 0 Å². The first-order chi connectivity index (χ1) is 12.7. The summed E-state index contributed by atoms with van der Waals surface area (Å²) >= 11 is 0. The second kappa shape index (κ2) is 7.08. The highest BCUT2D eigenvalue weighted by Crippen LogP contribution is 2.45. The van der Waals surface area contributed by atoms with Crippen LogP contribution in [0.2, 0.25) is 0 Å². The van der Waals surface area contributed by atoms with Crippen molar-refractivity contribution in [3.63, 3.8) is 0 Å². The molecule has 1 amide bonds. The zero-order valence-corrected chi connectivity index (χ0v) is 14.8. The van der Waals surface area contributed by atoms with Gasteiger partial charge in [0.1, 0.15) is 0 Å². The minimum atomic E-state index is -0.333. The van der Waals surface area contributed by atoms with Gasteiger partial charge in [0.25, 0.3) is 0 Å². The van der Waals surface area contributed by atoms with Crippen molar-refractivity contribution in [3.8, 4) is 11.1 Å². The molecule has 1 N–H and O–H groups in total. The fraction of sp³-hybridized carbons (Fsp3) is 0.227. The molecule has 0 saturated carbocycles. The number of hydrogen-bond donors (Lipinski definition) is 1. The van der Waals surface area contributed by atoms with Gasteiger partial charge in [-0.2, -0.15) is 0 Å². The zero-order chi connectivity index (χ0) is 17.9. The van der Waals surface area contributed by atoms with E-state index in [1.165, 1.54) is 5.69 Å². The Kier molecular flexibility index (Phi) is 4.48. The number of aryl methyl sites for hydroxylation is 1. The van der Waals surface area contributed by atoms with Crippen LogP contribution in [0.3, 0.4) is 0 Å². The van der Waals surface area contributed by atoms with Gasteiger partial charge in [-0.15, -0.1) is 0 Å². The minimum absolute atomic E-state index is 0.284. The molecule has 0 bridgehead atoms. The predicted molar refractivity (Wildman–Crippen MR) is 102 cm³/mol. The lowest BCUT2D eigenvalue weighted by Crippen LogP contribution is -2.30. The van der Waals surface area contributed by atoms with Gasteiger partial charge in [-0.1, -0.05) is 48.5 Å². The van der Waals surface area contributed by atoms with E-state index in [9.17, 15) is 4.79 Å². The number of rotatable bonds is 5. The molecule has 1 aliphatic rings. The van der Waals surface area contributed by atoms with E-state index in [1.807, 2.05) is 48.7 Å². The molecule has 26 heavy (non-hydrogen) atoms. The lowest BCUT2D eigenvalue weighted by molar-refractivity contribution is 0.0859. The number of ether oxygens (including phenoxy) is 1. The van der Waals surface area contributed by atoms with Gasteiger partial charge in [0.05, 0.1) is 0 Å². The van der Waals surface area contributed by atoms with E-state index in [0.717, 1.165) is 35.1 Å². The third kappa shape index (κ3) is 3.10. The van der Waals surface area contributed by atoms with E-state index in [2.05, 4.69) is 23.2 Å². The number of amides is 1. The third-order valence-electron chi connectivity index (χ3n) is 4.91. The van der Waals surface area contributed by atoms with E-state index >= 15 is 0 Å². The summed E-state index contributed by atoms with van der Waals surface area (Å²) in [7, 11) is 1.80. The number of H-pyrrole nitrogens is 1. The van der Waals surface area contributed by atoms with Crippen LogP contribution in [-0.2, 0) is 11.2 Å². The largest absolute Gasteiger partial charge is 0.436 e. The molecule has 0 aliphatic heterocycles. The van der Waals surface area contributed by atoms with Crippen LogP contribution in [0.25, 0.3) is 11.1 Å². The molecule has 0 saturated heterocycles. The van der Waals surface area contributed by atoms with Crippen LogP contribution in [-0.4, -0.2) is 29.6 Å². The van der Waals surface area contributed by atoms with Gasteiger partial charge < -0.3 is 14.6 Å². The number of fused-ring (bicyclic) bond motifs is 3. The molecule has 1 aliphatic carbocycles. The normalized spacial score (nSPS) is 12.5. The number of nitrogens with one attached hydrogen (secondary N) is 1. The Morgan fingerprint density at radius 1 is 1.00 bits per heavy atom. The van der Waals surface area contributed by atoms with E-state index in [0.29, 0.717) is 6.54 Å². The van der Waals surface area contributed by atoms with Gasteiger partial charge in [-0.25, -0.2) is 4.79 Å². The van der Waals surface area contributed by atoms with Gasteiger partial charge in [0, 0.05) is 36.6 Å². The summed E-state index contributed by atoms with van der Waals surface area (Å²) in [6.45, 7) is 0.661. The molecule has 132 valence electrons. The molecule has 4 heteroatoms. The molecule has 4 nitrogen and oxygen atoms in total. The number of carbonyl (C=O) groups is 1. The maximum absolute atomic E-state index is 12.6. The van der Waals surface area contributed by atoms with Crippen molar-refractivity contribution in [2.24, 2.45) is 0 Å². The fourth-order valence-corrected chi connectivity index (χ4v) is 3.55. The van der Waals surface area contributed by atoms with Crippen molar-refractivity contribution in [2.75, 3.05) is 13.6 Å². The maximum Gasteiger partial charge on any atom is 0.410 e. The van der Waals surface area contributed by atoms with Gasteiger partial charge in [0.15, 0.2) is 6.10 Å². The molecule has 0 spiro atoms. The Labute approximate surface area is 153 Å². The Hall–Kier alpha value is -3.01. The summed E-state index contributed by atoms with van der Waals surface area (Å²) < 4.78 is 5.89. The van der Waals surface area contributed by atoms with Crippen LogP contribution in [0.5, 0.6) is 0 Å². The summed E-state index contributed by atoms with van der Waals surface area (Å²) in [6, 6.07) is 20.3. The second-order valence-corrected chi connectivity index (χ2v) is 6.66. The van der Waals surface area contributed by atoms with Crippen LogP contribution in [0, 0.1) is 0 Å². The number of carbonyl (C=O) groups excluding carboxylic acids is 1. The van der Waals surface area contributed by atoms with E-state index in [-0.39, 0.29) is 12.2 Å². The van der Waals surface area contributed by atoms with Gasteiger partial charge in [0.2, 0.25) is 0 Å². The first-order valence-corrected chi connectivity index (χ1v) is 8.96. The molecular formula is C22H22N2O2. The summed E-state index contributed by atoms with van der Waals surface area (Å²) in [5.41, 5.74) is 5.60. The summed E-state index contributed by atoms with van der Waals surface area (Å²) in [4.78, 5) is 17.5. The van der Waals surface area contributed by atoms with Crippen molar-refractivity contribution >= 4 is 6.09 Å². The Morgan fingerprint density at radius 2 is 1.65 bits per heavy atom. The summed E-state index contributed by atoms with van der Waals surface area (Å²) in [5, 5.41) is 0. The standard InChI is InChI=1S/C22H22N2O2/c1-24(15-7-9-16-8-6-14-23-16)22(25)26-21-19-12-4-2-10-17(19)18-11-3-5-13-20(18)21/h2-6,8,10-14,21,23H,7,9,15H2,1H3. The average Bonchev–Trinajstić information content (AvgIpc) is 3.29. The highest BCUT2D eigenvalue weighted by molar-refractivity contribution is 5.79. The lowest BCUT2D eigenvalue weighted by atomic mass is 10.1. The Morgan fingerprint density at radius 3 is 2.27 bits per heavy atom. The first kappa shape index (κ1) is 16.5. The van der Waals surface area contributed by atoms with Gasteiger partial charge in [-0.05, 0) is 36.1 Å². The molecule has 0 atom stereocenters. The second-order valence-electron chi connectivity index (χ2n) is 6.66. The maximum atomic E-state index is 12.6. The molecular weight excluding hydrogens is 324 g/mol. The third-order valence-corrected chi connectivity index (χ3v) is 4.91. The van der Waals surface area contributed by atoms with Crippen LogP contribution in [0.15, 0.2) is 66.9 Å². The van der Waals surface area contributed by atoms with Crippen molar-refractivity contribution in [1.29, 1.82) is 0 Å². The highest BCUT2D eigenvalue weighted by Gasteiger charge is 2.31. The predicted octanol–water partition coefficient (Wildman–Crippen LogP) is 4.79. The Bertz CT molecular complexity index is 857. The zero-order valence-electron chi connectivity index (χ0n) is 14.8. The number of aromatic amines is 1. The van der Waals surface area contributed by atoms with E-state index in [1.54, 1.807) is 11.9 Å².